The zero-order chi connectivity index (χ0) is 13.9. The molecule has 19 heavy (non-hydrogen) atoms. The lowest BCUT2D eigenvalue weighted by molar-refractivity contribution is -0.130. The average Bonchev–Trinajstić information content (AvgIpc) is 2.98. The Morgan fingerprint density at radius 1 is 1.63 bits per heavy atom. The van der Waals surface area contributed by atoms with Crippen LogP contribution in [0.2, 0.25) is 0 Å². The van der Waals surface area contributed by atoms with Crippen molar-refractivity contribution in [1.82, 2.24) is 20.4 Å². The molecule has 5 nitrogen and oxygen atoms in total. The minimum atomic E-state index is -0.204. The first-order chi connectivity index (χ1) is 9.09. The highest BCUT2D eigenvalue weighted by Gasteiger charge is 2.39. The molecular formula is C14H24N4O. The van der Waals surface area contributed by atoms with E-state index in [9.17, 15) is 4.79 Å². The summed E-state index contributed by atoms with van der Waals surface area (Å²) in [6.45, 7) is 6.48. The Kier molecular flexibility index (Phi) is 4.24. The fourth-order valence-electron chi connectivity index (χ4n) is 2.82. The molecule has 0 saturated carbocycles. The number of carbonyl (C=O) groups is 1. The molecule has 0 aromatic carbocycles. The Bertz CT molecular complexity index is 446. The zero-order valence-corrected chi connectivity index (χ0v) is 12.1. The number of aromatic nitrogens is 2. The van der Waals surface area contributed by atoms with E-state index in [0.717, 1.165) is 43.6 Å². The smallest absolute Gasteiger partial charge is 0.227 e. The Morgan fingerprint density at radius 3 is 2.95 bits per heavy atom. The summed E-state index contributed by atoms with van der Waals surface area (Å²) in [5, 5.41) is 10.6. The maximum absolute atomic E-state index is 12.5. The maximum atomic E-state index is 12.5. The maximum Gasteiger partial charge on any atom is 0.227 e. The Hall–Kier alpha value is -1.36. The van der Waals surface area contributed by atoms with E-state index in [2.05, 4.69) is 22.7 Å². The van der Waals surface area contributed by atoms with E-state index in [-0.39, 0.29) is 11.3 Å². The molecule has 2 rings (SSSR count). The molecule has 1 fully saturated rings. The summed E-state index contributed by atoms with van der Waals surface area (Å²) in [5.74, 6) is 0.183. The van der Waals surface area contributed by atoms with Crippen LogP contribution >= 0.6 is 0 Å². The number of amides is 1. The fraction of sp³-hybridized carbons (Fsp3) is 0.714. The molecule has 0 spiro atoms. The number of nitrogens with zero attached hydrogens (tertiary/aromatic N) is 2. The van der Waals surface area contributed by atoms with E-state index >= 15 is 0 Å². The molecule has 5 heteroatoms. The lowest BCUT2D eigenvalue weighted by Gasteiger charge is -2.26. The highest BCUT2D eigenvalue weighted by atomic mass is 16.2. The number of hydrogen-bond acceptors (Lipinski definition) is 3. The largest absolute Gasteiger partial charge is 0.351 e. The first-order valence-electron chi connectivity index (χ1n) is 7.05. The molecule has 1 aliphatic rings. The van der Waals surface area contributed by atoms with Gasteiger partial charge in [-0.2, -0.15) is 5.10 Å². The van der Waals surface area contributed by atoms with Crippen LogP contribution in [-0.4, -0.2) is 28.8 Å². The molecule has 1 atom stereocenters. The van der Waals surface area contributed by atoms with Crippen molar-refractivity contribution in [3.63, 3.8) is 0 Å². The van der Waals surface area contributed by atoms with Gasteiger partial charge in [-0.3, -0.25) is 9.48 Å². The van der Waals surface area contributed by atoms with Crippen LogP contribution in [0.3, 0.4) is 0 Å². The lowest BCUT2D eigenvalue weighted by Crippen LogP contribution is -2.42. The second kappa shape index (κ2) is 5.74. The lowest BCUT2D eigenvalue weighted by atomic mass is 9.81. The second-order valence-corrected chi connectivity index (χ2v) is 5.52. The standard InChI is InChI=1S/C14H24N4O/c1-4-5-14(6-7-15-10-14)13(19)16-8-12-9-17-18(3)11(12)2/h9,15H,4-8,10H2,1-3H3,(H,16,19). The van der Waals surface area contributed by atoms with Crippen molar-refractivity contribution in [3.8, 4) is 0 Å². The van der Waals surface area contributed by atoms with Crippen LogP contribution < -0.4 is 10.6 Å². The van der Waals surface area contributed by atoms with Crippen molar-refractivity contribution in [3.05, 3.63) is 17.5 Å². The summed E-state index contributed by atoms with van der Waals surface area (Å²) < 4.78 is 1.83. The van der Waals surface area contributed by atoms with Gasteiger partial charge in [-0.1, -0.05) is 13.3 Å². The van der Waals surface area contributed by atoms with Gasteiger partial charge in [-0.25, -0.2) is 0 Å². The number of rotatable bonds is 5. The second-order valence-electron chi connectivity index (χ2n) is 5.52. The molecule has 106 valence electrons. The molecule has 1 aliphatic heterocycles. The van der Waals surface area contributed by atoms with Crippen LogP contribution in [0, 0.1) is 12.3 Å². The minimum Gasteiger partial charge on any atom is -0.351 e. The number of aryl methyl sites for hydroxylation is 1. The van der Waals surface area contributed by atoms with Gasteiger partial charge < -0.3 is 10.6 Å². The molecular weight excluding hydrogens is 240 g/mol. The molecule has 1 amide bonds. The fourth-order valence-corrected chi connectivity index (χ4v) is 2.82. The number of nitrogens with one attached hydrogen (secondary N) is 2. The van der Waals surface area contributed by atoms with E-state index in [1.165, 1.54) is 0 Å². The summed E-state index contributed by atoms with van der Waals surface area (Å²) in [6.07, 6.45) is 4.77. The van der Waals surface area contributed by atoms with E-state index in [1.807, 2.05) is 24.9 Å². The zero-order valence-electron chi connectivity index (χ0n) is 12.1. The molecule has 1 aromatic rings. The molecule has 0 radical (unpaired) electrons. The third kappa shape index (κ3) is 2.81. The van der Waals surface area contributed by atoms with Gasteiger partial charge in [0, 0.05) is 31.4 Å². The highest BCUT2D eigenvalue weighted by molar-refractivity contribution is 5.83. The van der Waals surface area contributed by atoms with Crippen molar-refractivity contribution < 1.29 is 4.79 Å². The van der Waals surface area contributed by atoms with E-state index in [1.54, 1.807) is 0 Å². The van der Waals surface area contributed by atoms with Crippen LogP contribution in [0.4, 0.5) is 0 Å². The first-order valence-corrected chi connectivity index (χ1v) is 7.05. The third-order valence-corrected chi connectivity index (χ3v) is 4.23. The average molecular weight is 264 g/mol. The molecule has 0 aliphatic carbocycles. The quantitative estimate of drug-likeness (QED) is 0.838. The first kappa shape index (κ1) is 14.1. The molecule has 1 saturated heterocycles. The van der Waals surface area contributed by atoms with Crippen LogP contribution in [0.15, 0.2) is 6.20 Å². The summed E-state index contributed by atoms with van der Waals surface area (Å²) >= 11 is 0. The number of carbonyl (C=O) groups excluding carboxylic acids is 1. The van der Waals surface area contributed by atoms with Gasteiger partial charge >= 0.3 is 0 Å². The summed E-state index contributed by atoms with van der Waals surface area (Å²) in [4.78, 5) is 12.5. The van der Waals surface area contributed by atoms with Crippen LogP contribution in [-0.2, 0) is 18.4 Å². The van der Waals surface area contributed by atoms with Crippen molar-refractivity contribution >= 4 is 5.91 Å². The van der Waals surface area contributed by atoms with E-state index < -0.39 is 0 Å². The van der Waals surface area contributed by atoms with Gasteiger partial charge in [0.15, 0.2) is 0 Å². The van der Waals surface area contributed by atoms with Gasteiger partial charge in [0.1, 0.15) is 0 Å². The van der Waals surface area contributed by atoms with Crippen LogP contribution in [0.25, 0.3) is 0 Å². The van der Waals surface area contributed by atoms with Crippen molar-refractivity contribution in [2.24, 2.45) is 12.5 Å². The minimum absolute atomic E-state index is 0.183. The van der Waals surface area contributed by atoms with Gasteiger partial charge in [-0.15, -0.1) is 0 Å². The van der Waals surface area contributed by atoms with Crippen molar-refractivity contribution in [2.75, 3.05) is 13.1 Å². The molecule has 1 aromatic heterocycles. The van der Waals surface area contributed by atoms with Crippen LogP contribution in [0.1, 0.15) is 37.4 Å². The van der Waals surface area contributed by atoms with Gasteiger partial charge in [-0.05, 0) is 26.3 Å². The van der Waals surface area contributed by atoms with Crippen LogP contribution in [0.5, 0.6) is 0 Å². The summed E-state index contributed by atoms with van der Waals surface area (Å²) in [6, 6.07) is 0. The summed E-state index contributed by atoms with van der Waals surface area (Å²) in [5.41, 5.74) is 1.99. The Labute approximate surface area is 114 Å². The van der Waals surface area contributed by atoms with Crippen molar-refractivity contribution in [2.45, 2.75) is 39.7 Å². The van der Waals surface area contributed by atoms with E-state index in [0.29, 0.717) is 6.54 Å². The molecule has 1 unspecified atom stereocenters. The number of hydrogen-bond donors (Lipinski definition) is 2. The van der Waals surface area contributed by atoms with Gasteiger partial charge in [0.05, 0.1) is 11.6 Å². The van der Waals surface area contributed by atoms with E-state index in [4.69, 9.17) is 0 Å². The predicted octanol–water partition coefficient (Wildman–Crippen LogP) is 1.12. The molecule has 2 N–H and O–H groups in total. The normalized spacial score (nSPS) is 22.7. The SMILES string of the molecule is CCCC1(C(=O)NCc2cnn(C)c2C)CCNC1. The Balaban J connectivity index is 1.98. The Morgan fingerprint density at radius 2 is 2.42 bits per heavy atom. The van der Waals surface area contributed by atoms with Gasteiger partial charge in [0.25, 0.3) is 0 Å². The molecule has 2 heterocycles. The molecule has 0 bridgehead atoms. The van der Waals surface area contributed by atoms with Gasteiger partial charge in [0.2, 0.25) is 5.91 Å². The highest BCUT2D eigenvalue weighted by Crippen LogP contribution is 2.31. The van der Waals surface area contributed by atoms with Crippen molar-refractivity contribution in [1.29, 1.82) is 0 Å². The summed E-state index contributed by atoms with van der Waals surface area (Å²) in [7, 11) is 1.92. The monoisotopic (exact) mass is 264 g/mol. The topological polar surface area (TPSA) is 59.0 Å². The predicted molar refractivity (Wildman–Crippen MR) is 74.6 cm³/mol. The third-order valence-electron chi connectivity index (χ3n) is 4.23.